The number of H-pyrrole nitrogens is 1. The first kappa shape index (κ1) is 16.4. The lowest BCUT2D eigenvalue weighted by Gasteiger charge is -2.17. The number of benzene rings is 1. The van der Waals surface area contributed by atoms with E-state index < -0.39 is 16.4 Å². The van der Waals surface area contributed by atoms with Gasteiger partial charge in [0.1, 0.15) is 5.56 Å². The molecule has 1 atom stereocenters. The van der Waals surface area contributed by atoms with Gasteiger partial charge in [-0.05, 0) is 31.9 Å². The monoisotopic (exact) mass is 315 g/mol. The summed E-state index contributed by atoms with van der Waals surface area (Å²) in [5.74, 6) is -0.650. The molecule has 2 N–H and O–H groups in total. The molecular formula is C16H17N3O4. The molecule has 0 bridgehead atoms. The number of aromatic nitrogens is 1. The molecule has 2 rings (SSSR count). The van der Waals surface area contributed by atoms with Gasteiger partial charge in [0.2, 0.25) is 0 Å². The maximum Gasteiger partial charge on any atom is 0.286 e. The SMILES string of the molecule is Cc1ccc(C)c([C@H](C)NC(=O)c2cc([N+](=O)[O-])c[nH]c2=O)c1. The summed E-state index contributed by atoms with van der Waals surface area (Å²) in [5.41, 5.74) is 1.71. The van der Waals surface area contributed by atoms with E-state index in [9.17, 15) is 19.7 Å². The van der Waals surface area contributed by atoms with Crippen molar-refractivity contribution in [1.82, 2.24) is 10.3 Å². The number of aryl methyl sites for hydroxylation is 2. The summed E-state index contributed by atoms with van der Waals surface area (Å²) in [7, 11) is 0. The Balaban J connectivity index is 2.28. The van der Waals surface area contributed by atoms with Crippen molar-refractivity contribution in [3.8, 4) is 0 Å². The second-order valence-corrected chi connectivity index (χ2v) is 5.41. The van der Waals surface area contributed by atoms with Crippen LogP contribution in [0, 0.1) is 24.0 Å². The number of hydrogen-bond acceptors (Lipinski definition) is 4. The molecule has 0 aliphatic heterocycles. The Morgan fingerprint density at radius 1 is 1.30 bits per heavy atom. The fraction of sp³-hybridized carbons (Fsp3) is 0.250. The van der Waals surface area contributed by atoms with E-state index in [1.165, 1.54) is 0 Å². The molecule has 0 radical (unpaired) electrons. The minimum absolute atomic E-state index is 0.281. The second kappa shape index (κ2) is 6.43. The number of pyridine rings is 1. The normalized spacial score (nSPS) is 11.8. The fourth-order valence-electron chi connectivity index (χ4n) is 2.32. The molecule has 0 aliphatic rings. The molecule has 0 saturated carbocycles. The molecule has 23 heavy (non-hydrogen) atoms. The third-order valence-corrected chi connectivity index (χ3v) is 3.59. The van der Waals surface area contributed by atoms with Crippen molar-refractivity contribution >= 4 is 11.6 Å². The van der Waals surface area contributed by atoms with E-state index in [0.717, 1.165) is 29.0 Å². The molecule has 1 heterocycles. The molecule has 0 fully saturated rings. The van der Waals surface area contributed by atoms with Crippen LogP contribution in [-0.4, -0.2) is 15.8 Å². The molecule has 0 spiro atoms. The van der Waals surface area contributed by atoms with Gasteiger partial charge in [-0.3, -0.25) is 19.7 Å². The molecule has 0 aliphatic carbocycles. The summed E-state index contributed by atoms with van der Waals surface area (Å²) in [5, 5.41) is 13.5. The lowest BCUT2D eigenvalue weighted by Crippen LogP contribution is -2.32. The van der Waals surface area contributed by atoms with E-state index >= 15 is 0 Å². The number of rotatable bonds is 4. The van der Waals surface area contributed by atoms with E-state index in [-0.39, 0.29) is 17.3 Å². The highest BCUT2D eigenvalue weighted by Gasteiger charge is 2.19. The van der Waals surface area contributed by atoms with E-state index in [4.69, 9.17) is 0 Å². The van der Waals surface area contributed by atoms with Crippen LogP contribution < -0.4 is 10.9 Å². The summed E-state index contributed by atoms with van der Waals surface area (Å²) >= 11 is 0. The first-order valence-electron chi connectivity index (χ1n) is 7.04. The van der Waals surface area contributed by atoms with Gasteiger partial charge in [0.05, 0.1) is 17.2 Å². The fourth-order valence-corrected chi connectivity index (χ4v) is 2.32. The number of hydrogen-bond donors (Lipinski definition) is 2. The van der Waals surface area contributed by atoms with Crippen molar-refractivity contribution in [2.24, 2.45) is 0 Å². The zero-order valence-electron chi connectivity index (χ0n) is 13.0. The summed E-state index contributed by atoms with van der Waals surface area (Å²) in [6.45, 7) is 5.67. The molecule has 1 aromatic carbocycles. The Kier molecular flexibility index (Phi) is 4.59. The van der Waals surface area contributed by atoms with E-state index in [1.54, 1.807) is 6.92 Å². The maximum absolute atomic E-state index is 12.3. The quantitative estimate of drug-likeness (QED) is 0.667. The summed E-state index contributed by atoms with van der Waals surface area (Å²) < 4.78 is 0. The van der Waals surface area contributed by atoms with Crippen molar-refractivity contribution in [3.05, 3.63) is 73.2 Å². The molecule has 120 valence electrons. The number of nitrogens with one attached hydrogen (secondary N) is 2. The first-order valence-corrected chi connectivity index (χ1v) is 7.04. The summed E-state index contributed by atoms with van der Waals surface area (Å²) in [4.78, 5) is 36.3. The average Bonchev–Trinajstić information content (AvgIpc) is 2.49. The predicted molar refractivity (Wildman–Crippen MR) is 85.5 cm³/mol. The number of aromatic amines is 1. The van der Waals surface area contributed by atoms with Gasteiger partial charge in [-0.2, -0.15) is 0 Å². The molecule has 2 aromatic rings. The first-order chi connectivity index (χ1) is 10.8. The van der Waals surface area contributed by atoms with Crippen LogP contribution in [0.3, 0.4) is 0 Å². The van der Waals surface area contributed by atoms with Crippen LogP contribution in [0.1, 0.15) is 40.0 Å². The molecule has 1 amide bonds. The molecule has 7 heteroatoms. The minimum Gasteiger partial charge on any atom is -0.345 e. The van der Waals surface area contributed by atoms with Gasteiger partial charge in [0.15, 0.2) is 0 Å². The van der Waals surface area contributed by atoms with Gasteiger partial charge in [-0.15, -0.1) is 0 Å². The number of carbonyl (C=O) groups is 1. The lowest BCUT2D eigenvalue weighted by molar-refractivity contribution is -0.385. The Hall–Kier alpha value is -2.96. The Morgan fingerprint density at radius 2 is 2.00 bits per heavy atom. The van der Waals surface area contributed by atoms with E-state index in [0.29, 0.717) is 0 Å². The number of amides is 1. The summed E-state index contributed by atoms with van der Waals surface area (Å²) in [6, 6.07) is 6.52. The van der Waals surface area contributed by atoms with Crippen LogP contribution in [0.5, 0.6) is 0 Å². The van der Waals surface area contributed by atoms with Gasteiger partial charge in [-0.25, -0.2) is 0 Å². The highest BCUT2D eigenvalue weighted by Crippen LogP contribution is 2.19. The standard InChI is InChI=1S/C16H17N3O4/c1-9-4-5-10(2)13(6-9)11(3)18-16(21)14-7-12(19(22)23)8-17-15(14)20/h4-8,11H,1-3H3,(H,17,20)(H,18,21)/t11-/m0/s1. The van der Waals surface area contributed by atoms with Crippen LogP contribution in [-0.2, 0) is 0 Å². The highest BCUT2D eigenvalue weighted by molar-refractivity contribution is 5.94. The van der Waals surface area contributed by atoms with Gasteiger partial charge in [-0.1, -0.05) is 23.8 Å². The van der Waals surface area contributed by atoms with Crippen molar-refractivity contribution in [3.63, 3.8) is 0 Å². The van der Waals surface area contributed by atoms with Crippen LogP contribution in [0.2, 0.25) is 0 Å². The highest BCUT2D eigenvalue weighted by atomic mass is 16.6. The Labute approximate surface area is 132 Å². The number of carbonyl (C=O) groups excluding carboxylic acids is 1. The Bertz CT molecular complexity index is 826. The zero-order chi connectivity index (χ0) is 17.1. The van der Waals surface area contributed by atoms with E-state index in [2.05, 4.69) is 10.3 Å². The van der Waals surface area contributed by atoms with Crippen molar-refractivity contribution < 1.29 is 9.72 Å². The second-order valence-electron chi connectivity index (χ2n) is 5.41. The molecule has 0 saturated heterocycles. The minimum atomic E-state index is -0.666. The third-order valence-electron chi connectivity index (χ3n) is 3.59. The summed E-state index contributed by atoms with van der Waals surface area (Å²) in [6.07, 6.45) is 0.966. The molecule has 7 nitrogen and oxygen atoms in total. The van der Waals surface area contributed by atoms with Gasteiger partial charge >= 0.3 is 0 Å². The van der Waals surface area contributed by atoms with Crippen molar-refractivity contribution in [1.29, 1.82) is 0 Å². The lowest BCUT2D eigenvalue weighted by atomic mass is 10.00. The average molecular weight is 315 g/mol. The van der Waals surface area contributed by atoms with E-state index in [1.807, 2.05) is 32.0 Å². The van der Waals surface area contributed by atoms with Crippen LogP contribution in [0.4, 0.5) is 5.69 Å². The smallest absolute Gasteiger partial charge is 0.286 e. The van der Waals surface area contributed by atoms with Crippen LogP contribution in [0.25, 0.3) is 0 Å². The van der Waals surface area contributed by atoms with Crippen molar-refractivity contribution in [2.75, 3.05) is 0 Å². The number of nitrogens with zero attached hydrogens (tertiary/aromatic N) is 1. The van der Waals surface area contributed by atoms with Gasteiger partial charge in [0, 0.05) is 6.07 Å². The Morgan fingerprint density at radius 3 is 2.65 bits per heavy atom. The predicted octanol–water partition coefficient (Wildman–Crippen LogP) is 2.39. The molecule has 1 aromatic heterocycles. The largest absolute Gasteiger partial charge is 0.345 e. The number of nitro groups is 1. The zero-order valence-corrected chi connectivity index (χ0v) is 13.0. The molecule has 0 unspecified atom stereocenters. The topological polar surface area (TPSA) is 105 Å². The van der Waals surface area contributed by atoms with Crippen LogP contribution in [0.15, 0.2) is 35.3 Å². The maximum atomic E-state index is 12.3. The third kappa shape index (κ3) is 3.63. The van der Waals surface area contributed by atoms with Crippen molar-refractivity contribution in [2.45, 2.75) is 26.8 Å². The van der Waals surface area contributed by atoms with Crippen LogP contribution >= 0.6 is 0 Å². The van der Waals surface area contributed by atoms with Gasteiger partial charge in [0.25, 0.3) is 17.2 Å². The van der Waals surface area contributed by atoms with Gasteiger partial charge < -0.3 is 10.3 Å². The molecular weight excluding hydrogens is 298 g/mol.